The number of hydrogen-bond donors (Lipinski definition) is 9. The standard InChI is InChI=1S/C46H83NO13/c1-3-5-7-9-11-13-15-17-19-21-23-25-27-29-35(50)34(47-38(51)30-28-26-24-22-20-18-16-14-12-10-8-6-4-2)33-57-45-43(56)41(54)44(37(32-49)59-45)60-46-42(55)40(53)39(52)36(31-48)58-46/h11,13,19,21,27,29,34-37,39-46,48-50,52-56H,3-10,12,14-18,20,22-26,28,30-33H2,1-2H3,(H,47,51)/b13-11+,21-19+,29-27+. The Morgan fingerprint density at radius 3 is 1.63 bits per heavy atom. The minimum Gasteiger partial charge on any atom is -0.394 e. The third-order valence-corrected chi connectivity index (χ3v) is 11.3. The molecule has 0 aromatic heterocycles. The van der Waals surface area contributed by atoms with Gasteiger partial charge in [0, 0.05) is 6.42 Å². The summed E-state index contributed by atoms with van der Waals surface area (Å²) < 4.78 is 22.6. The summed E-state index contributed by atoms with van der Waals surface area (Å²) in [5, 5.41) is 86.4. The Kier molecular flexibility index (Phi) is 30.5. The van der Waals surface area contributed by atoms with Crippen molar-refractivity contribution in [3.63, 3.8) is 0 Å². The largest absolute Gasteiger partial charge is 0.394 e. The first kappa shape index (κ1) is 54.3. The van der Waals surface area contributed by atoms with Crippen LogP contribution in [0.15, 0.2) is 36.5 Å². The molecule has 0 saturated carbocycles. The molecule has 14 nitrogen and oxygen atoms in total. The number of aliphatic hydroxyl groups excluding tert-OH is 8. The molecule has 2 saturated heterocycles. The lowest BCUT2D eigenvalue weighted by Gasteiger charge is -2.46. The number of unbranched alkanes of at least 4 members (excludes halogenated alkanes) is 17. The minimum atomic E-state index is -1.79. The van der Waals surface area contributed by atoms with Crippen LogP contribution in [0.2, 0.25) is 0 Å². The van der Waals surface area contributed by atoms with Gasteiger partial charge in [0.05, 0.1) is 32.0 Å². The Bertz CT molecular complexity index is 1150. The van der Waals surface area contributed by atoms with Gasteiger partial charge in [0.25, 0.3) is 0 Å². The maximum atomic E-state index is 13.1. The number of hydrogen-bond acceptors (Lipinski definition) is 13. The fourth-order valence-electron chi connectivity index (χ4n) is 7.44. The molecule has 1 amide bonds. The van der Waals surface area contributed by atoms with E-state index in [1.54, 1.807) is 6.08 Å². The zero-order valence-corrected chi connectivity index (χ0v) is 36.7. The first-order valence-electron chi connectivity index (χ1n) is 23.2. The smallest absolute Gasteiger partial charge is 0.220 e. The van der Waals surface area contributed by atoms with Crippen molar-refractivity contribution in [3.8, 4) is 0 Å². The number of amides is 1. The lowest BCUT2D eigenvalue weighted by molar-refractivity contribution is -0.359. The van der Waals surface area contributed by atoms with Gasteiger partial charge < -0.3 is 65.1 Å². The molecule has 0 aromatic carbocycles. The molecule has 2 heterocycles. The van der Waals surface area contributed by atoms with E-state index in [9.17, 15) is 45.6 Å². The van der Waals surface area contributed by atoms with Crippen LogP contribution in [-0.2, 0) is 23.7 Å². The molecule has 14 heteroatoms. The average molecular weight is 858 g/mol. The van der Waals surface area contributed by atoms with E-state index in [0.29, 0.717) is 12.8 Å². The summed E-state index contributed by atoms with van der Waals surface area (Å²) in [6, 6.07) is -0.931. The van der Waals surface area contributed by atoms with Gasteiger partial charge in [0.1, 0.15) is 48.8 Å². The van der Waals surface area contributed by atoms with E-state index < -0.39 is 86.8 Å². The van der Waals surface area contributed by atoms with Crippen LogP contribution in [-0.4, -0.2) is 140 Å². The Labute approximate surface area is 360 Å². The van der Waals surface area contributed by atoms with Gasteiger partial charge >= 0.3 is 0 Å². The highest BCUT2D eigenvalue weighted by Gasteiger charge is 2.50. The Morgan fingerprint density at radius 1 is 0.583 bits per heavy atom. The molecule has 2 fully saturated rings. The molecule has 0 aromatic rings. The van der Waals surface area contributed by atoms with Crippen molar-refractivity contribution in [2.45, 2.75) is 229 Å². The van der Waals surface area contributed by atoms with Crippen LogP contribution in [0.1, 0.15) is 155 Å². The normalized spacial score (nSPS) is 28.6. The van der Waals surface area contributed by atoms with E-state index in [0.717, 1.165) is 44.9 Å². The molecule has 0 radical (unpaired) electrons. The predicted octanol–water partition coefficient (Wildman–Crippen LogP) is 4.76. The van der Waals surface area contributed by atoms with Gasteiger partial charge in [-0.25, -0.2) is 0 Å². The molecule has 0 aliphatic carbocycles. The number of carbonyl (C=O) groups is 1. The fraction of sp³-hybridized carbons (Fsp3) is 0.848. The number of ether oxygens (including phenoxy) is 4. The van der Waals surface area contributed by atoms with E-state index in [1.165, 1.54) is 77.0 Å². The van der Waals surface area contributed by atoms with Crippen molar-refractivity contribution in [2.24, 2.45) is 0 Å². The first-order chi connectivity index (χ1) is 29.1. The molecule has 2 aliphatic heterocycles. The maximum Gasteiger partial charge on any atom is 0.220 e. The van der Waals surface area contributed by atoms with Crippen LogP contribution in [0.25, 0.3) is 0 Å². The average Bonchev–Trinajstić information content (AvgIpc) is 3.24. The third-order valence-electron chi connectivity index (χ3n) is 11.3. The van der Waals surface area contributed by atoms with Gasteiger partial charge in [0.15, 0.2) is 12.6 Å². The van der Waals surface area contributed by atoms with E-state index in [2.05, 4.69) is 43.5 Å². The zero-order valence-electron chi connectivity index (χ0n) is 36.7. The minimum absolute atomic E-state index is 0.257. The van der Waals surface area contributed by atoms with Crippen LogP contribution < -0.4 is 5.32 Å². The van der Waals surface area contributed by atoms with Crippen molar-refractivity contribution in [1.82, 2.24) is 5.32 Å². The summed E-state index contributed by atoms with van der Waals surface area (Å²) in [7, 11) is 0. The maximum absolute atomic E-state index is 13.1. The number of allylic oxidation sites excluding steroid dienone is 5. The summed E-state index contributed by atoms with van der Waals surface area (Å²) in [4.78, 5) is 13.1. The first-order valence-corrected chi connectivity index (χ1v) is 23.2. The van der Waals surface area contributed by atoms with E-state index in [-0.39, 0.29) is 18.9 Å². The second-order valence-electron chi connectivity index (χ2n) is 16.5. The molecule has 12 unspecified atom stereocenters. The predicted molar refractivity (Wildman–Crippen MR) is 231 cm³/mol. The molecule has 0 spiro atoms. The van der Waals surface area contributed by atoms with Crippen molar-refractivity contribution < 1.29 is 64.6 Å². The number of carbonyl (C=O) groups excluding carboxylic acids is 1. The van der Waals surface area contributed by atoms with Crippen LogP contribution >= 0.6 is 0 Å². The summed E-state index contributed by atoms with van der Waals surface area (Å²) >= 11 is 0. The SMILES string of the molecule is CCCCC/C=C/CC/C=C/CC/C=C/C(O)C(COC1OC(CO)C(OC2OC(CO)C(O)C(O)C2O)C(O)C1O)NC(=O)CCCCCCCCCCCCCCC. The monoisotopic (exact) mass is 858 g/mol. The third kappa shape index (κ3) is 21.5. The lowest BCUT2D eigenvalue weighted by Crippen LogP contribution is -2.65. The van der Waals surface area contributed by atoms with Gasteiger partial charge in [-0.05, 0) is 44.9 Å². The van der Waals surface area contributed by atoms with Gasteiger partial charge in [-0.15, -0.1) is 0 Å². The molecule has 2 rings (SSSR count). The van der Waals surface area contributed by atoms with Gasteiger partial charge in [-0.3, -0.25) is 4.79 Å². The highest BCUT2D eigenvalue weighted by atomic mass is 16.7. The Balaban J connectivity index is 1.92. The Hall–Kier alpha value is -1.79. The van der Waals surface area contributed by atoms with Crippen molar-refractivity contribution in [2.75, 3.05) is 19.8 Å². The second-order valence-corrected chi connectivity index (χ2v) is 16.5. The van der Waals surface area contributed by atoms with Gasteiger partial charge in [-0.2, -0.15) is 0 Å². The molecule has 9 N–H and O–H groups in total. The summed E-state index contributed by atoms with van der Waals surface area (Å²) in [5.74, 6) is -0.257. The molecule has 0 bridgehead atoms. The number of aliphatic hydroxyl groups is 8. The molecule has 2 aliphatic rings. The van der Waals surface area contributed by atoms with Crippen molar-refractivity contribution in [3.05, 3.63) is 36.5 Å². The molecular formula is C46H83NO13. The van der Waals surface area contributed by atoms with Gasteiger partial charge in [-0.1, -0.05) is 140 Å². The van der Waals surface area contributed by atoms with Crippen molar-refractivity contribution >= 4 is 5.91 Å². The van der Waals surface area contributed by atoms with Crippen LogP contribution in [0.5, 0.6) is 0 Å². The molecular weight excluding hydrogens is 774 g/mol. The molecule has 350 valence electrons. The topological polar surface area (TPSA) is 228 Å². The van der Waals surface area contributed by atoms with Crippen LogP contribution in [0.3, 0.4) is 0 Å². The van der Waals surface area contributed by atoms with E-state index in [1.807, 2.05) is 6.08 Å². The second kappa shape index (κ2) is 33.7. The Morgan fingerprint density at radius 2 is 1.07 bits per heavy atom. The van der Waals surface area contributed by atoms with Crippen LogP contribution in [0, 0.1) is 0 Å². The van der Waals surface area contributed by atoms with Crippen molar-refractivity contribution in [1.29, 1.82) is 0 Å². The van der Waals surface area contributed by atoms with Gasteiger partial charge in [0.2, 0.25) is 5.91 Å². The highest BCUT2D eigenvalue weighted by Crippen LogP contribution is 2.30. The number of nitrogens with one attached hydrogen (secondary N) is 1. The summed E-state index contributed by atoms with van der Waals surface area (Å²) in [6.45, 7) is 2.70. The fourth-order valence-corrected chi connectivity index (χ4v) is 7.44. The quantitative estimate of drug-likeness (QED) is 0.0315. The summed E-state index contributed by atoms with van der Waals surface area (Å²) in [6.07, 6.45) is 19.1. The molecule has 12 atom stereocenters. The zero-order chi connectivity index (χ0) is 44.0. The lowest BCUT2D eigenvalue weighted by atomic mass is 9.97. The highest BCUT2D eigenvalue weighted by molar-refractivity contribution is 5.76. The van der Waals surface area contributed by atoms with Crippen LogP contribution in [0.4, 0.5) is 0 Å². The summed E-state index contributed by atoms with van der Waals surface area (Å²) in [5.41, 5.74) is 0. The van der Waals surface area contributed by atoms with E-state index in [4.69, 9.17) is 18.9 Å². The number of rotatable bonds is 34. The van der Waals surface area contributed by atoms with E-state index >= 15 is 0 Å². The molecule has 60 heavy (non-hydrogen) atoms.